The fourth-order valence-electron chi connectivity index (χ4n) is 2.22. The van der Waals surface area contributed by atoms with Crippen LogP contribution in [-0.2, 0) is 17.8 Å². The van der Waals surface area contributed by atoms with Crippen molar-refractivity contribution in [3.63, 3.8) is 0 Å². The second kappa shape index (κ2) is 7.59. The maximum absolute atomic E-state index is 12.9. The summed E-state index contributed by atoms with van der Waals surface area (Å²) in [5.74, 6) is -0.310. The van der Waals surface area contributed by atoms with E-state index in [0.29, 0.717) is 19.4 Å². The molecule has 0 bridgehead atoms. The Labute approximate surface area is 129 Å². The molecule has 0 unspecified atom stereocenters. The van der Waals surface area contributed by atoms with Gasteiger partial charge in [0.05, 0.1) is 0 Å². The SMILES string of the molecule is Cc1ccc(OCc2ccc(F)cc2)c(CCCC(=O)O)c1. The zero-order valence-corrected chi connectivity index (χ0v) is 12.5. The van der Waals surface area contributed by atoms with Gasteiger partial charge in [0.15, 0.2) is 0 Å². The number of carboxylic acid groups (broad SMARTS) is 1. The highest BCUT2D eigenvalue weighted by molar-refractivity contribution is 5.66. The smallest absolute Gasteiger partial charge is 0.303 e. The molecular formula is C18H19FO3. The molecule has 3 nitrogen and oxygen atoms in total. The Morgan fingerprint density at radius 1 is 1.18 bits per heavy atom. The van der Waals surface area contributed by atoms with Gasteiger partial charge in [-0.2, -0.15) is 0 Å². The van der Waals surface area contributed by atoms with E-state index < -0.39 is 5.97 Å². The van der Waals surface area contributed by atoms with Crippen molar-refractivity contribution in [2.45, 2.75) is 32.8 Å². The van der Waals surface area contributed by atoms with Crippen LogP contribution >= 0.6 is 0 Å². The Balaban J connectivity index is 2.02. The minimum atomic E-state index is -0.790. The molecule has 0 amide bonds. The average molecular weight is 302 g/mol. The molecule has 2 aromatic rings. The molecule has 2 aromatic carbocycles. The Hall–Kier alpha value is -2.36. The Morgan fingerprint density at radius 2 is 1.91 bits per heavy atom. The molecular weight excluding hydrogens is 283 g/mol. The van der Waals surface area contributed by atoms with E-state index in [-0.39, 0.29) is 12.2 Å². The lowest BCUT2D eigenvalue weighted by molar-refractivity contribution is -0.137. The van der Waals surface area contributed by atoms with Crippen molar-refractivity contribution in [3.8, 4) is 5.75 Å². The third-order valence-electron chi connectivity index (χ3n) is 3.36. The number of hydrogen-bond donors (Lipinski definition) is 1. The predicted molar refractivity (Wildman–Crippen MR) is 82.5 cm³/mol. The first kappa shape index (κ1) is 16.0. The first-order valence-electron chi connectivity index (χ1n) is 7.23. The molecule has 1 N–H and O–H groups in total. The van der Waals surface area contributed by atoms with Crippen LogP contribution in [0.5, 0.6) is 5.75 Å². The third kappa shape index (κ3) is 4.88. The van der Waals surface area contributed by atoms with Gasteiger partial charge in [-0.3, -0.25) is 4.79 Å². The summed E-state index contributed by atoms with van der Waals surface area (Å²) >= 11 is 0. The van der Waals surface area contributed by atoms with Crippen molar-refractivity contribution in [1.29, 1.82) is 0 Å². The van der Waals surface area contributed by atoms with E-state index in [2.05, 4.69) is 0 Å². The van der Waals surface area contributed by atoms with Gasteiger partial charge in [-0.05, 0) is 49.1 Å². The normalized spacial score (nSPS) is 10.5. The Kier molecular flexibility index (Phi) is 5.53. The molecule has 0 spiro atoms. The molecule has 4 heteroatoms. The first-order valence-corrected chi connectivity index (χ1v) is 7.23. The summed E-state index contributed by atoms with van der Waals surface area (Å²) in [5.41, 5.74) is 3.00. The molecule has 0 radical (unpaired) electrons. The summed E-state index contributed by atoms with van der Waals surface area (Å²) in [5, 5.41) is 8.73. The van der Waals surface area contributed by atoms with Gasteiger partial charge in [0.1, 0.15) is 18.2 Å². The number of rotatable bonds is 7. The highest BCUT2D eigenvalue weighted by Gasteiger charge is 2.06. The molecule has 0 heterocycles. The van der Waals surface area contributed by atoms with Crippen LogP contribution in [0.1, 0.15) is 29.5 Å². The molecule has 116 valence electrons. The summed E-state index contributed by atoms with van der Waals surface area (Å²) in [6.45, 7) is 2.35. The van der Waals surface area contributed by atoms with E-state index in [1.807, 2.05) is 25.1 Å². The van der Waals surface area contributed by atoms with Crippen molar-refractivity contribution >= 4 is 5.97 Å². The Bertz CT molecular complexity index is 635. The van der Waals surface area contributed by atoms with Gasteiger partial charge >= 0.3 is 5.97 Å². The van der Waals surface area contributed by atoms with E-state index >= 15 is 0 Å². The fraction of sp³-hybridized carbons (Fsp3) is 0.278. The lowest BCUT2D eigenvalue weighted by Crippen LogP contribution is -2.01. The third-order valence-corrected chi connectivity index (χ3v) is 3.36. The number of aryl methyl sites for hydroxylation is 2. The lowest BCUT2D eigenvalue weighted by Gasteiger charge is -2.12. The van der Waals surface area contributed by atoms with Gasteiger partial charge in [-0.1, -0.05) is 29.8 Å². The summed E-state index contributed by atoms with van der Waals surface area (Å²) in [4.78, 5) is 10.6. The van der Waals surface area contributed by atoms with E-state index in [0.717, 1.165) is 22.4 Å². The largest absolute Gasteiger partial charge is 0.489 e. The van der Waals surface area contributed by atoms with Crippen LogP contribution < -0.4 is 4.74 Å². The van der Waals surface area contributed by atoms with Crippen molar-refractivity contribution in [3.05, 3.63) is 65.0 Å². The summed E-state index contributed by atoms with van der Waals surface area (Å²) < 4.78 is 18.7. The number of carbonyl (C=O) groups is 1. The highest BCUT2D eigenvalue weighted by atomic mass is 19.1. The monoisotopic (exact) mass is 302 g/mol. The van der Waals surface area contributed by atoms with Crippen LogP contribution in [0, 0.1) is 12.7 Å². The maximum Gasteiger partial charge on any atom is 0.303 e. The highest BCUT2D eigenvalue weighted by Crippen LogP contribution is 2.23. The zero-order valence-electron chi connectivity index (χ0n) is 12.5. The minimum absolute atomic E-state index is 0.144. The number of halogens is 1. The number of aliphatic carboxylic acids is 1. The Morgan fingerprint density at radius 3 is 2.59 bits per heavy atom. The average Bonchev–Trinajstić information content (AvgIpc) is 2.48. The molecule has 0 saturated heterocycles. The van der Waals surface area contributed by atoms with Crippen molar-refractivity contribution in [2.24, 2.45) is 0 Å². The number of hydrogen-bond acceptors (Lipinski definition) is 2. The quantitative estimate of drug-likeness (QED) is 0.837. The molecule has 0 fully saturated rings. The molecule has 0 aromatic heterocycles. The minimum Gasteiger partial charge on any atom is -0.489 e. The van der Waals surface area contributed by atoms with Gasteiger partial charge in [0.2, 0.25) is 0 Å². The molecule has 0 aliphatic heterocycles. The molecule has 22 heavy (non-hydrogen) atoms. The van der Waals surface area contributed by atoms with Gasteiger partial charge in [0, 0.05) is 6.42 Å². The van der Waals surface area contributed by atoms with E-state index in [1.165, 1.54) is 12.1 Å². The number of carboxylic acids is 1. The number of benzene rings is 2. The predicted octanol–water partition coefficient (Wildman–Crippen LogP) is 4.12. The van der Waals surface area contributed by atoms with Crippen molar-refractivity contribution < 1.29 is 19.0 Å². The molecule has 0 saturated carbocycles. The van der Waals surface area contributed by atoms with Crippen LogP contribution in [0.15, 0.2) is 42.5 Å². The summed E-state index contributed by atoms with van der Waals surface area (Å²) in [6, 6.07) is 12.1. The van der Waals surface area contributed by atoms with Crippen LogP contribution in [0.25, 0.3) is 0 Å². The second-order valence-corrected chi connectivity index (χ2v) is 5.27. The van der Waals surface area contributed by atoms with Crippen LogP contribution in [0.4, 0.5) is 4.39 Å². The number of ether oxygens (including phenoxy) is 1. The first-order chi connectivity index (χ1) is 10.5. The van der Waals surface area contributed by atoms with Gasteiger partial charge in [-0.25, -0.2) is 4.39 Å². The van der Waals surface area contributed by atoms with Gasteiger partial charge < -0.3 is 9.84 Å². The van der Waals surface area contributed by atoms with Crippen molar-refractivity contribution in [2.75, 3.05) is 0 Å². The van der Waals surface area contributed by atoms with Crippen LogP contribution in [0.3, 0.4) is 0 Å². The molecule has 2 rings (SSSR count). The van der Waals surface area contributed by atoms with Gasteiger partial charge in [-0.15, -0.1) is 0 Å². The summed E-state index contributed by atoms with van der Waals surface area (Å²) in [6.07, 6.45) is 1.38. The van der Waals surface area contributed by atoms with Gasteiger partial charge in [0.25, 0.3) is 0 Å². The standard InChI is InChI=1S/C18H19FO3/c1-13-5-10-17(15(11-13)3-2-4-18(20)21)22-12-14-6-8-16(19)9-7-14/h5-11H,2-4,12H2,1H3,(H,20,21). The lowest BCUT2D eigenvalue weighted by atomic mass is 10.0. The topological polar surface area (TPSA) is 46.5 Å². The summed E-state index contributed by atoms with van der Waals surface area (Å²) in [7, 11) is 0. The maximum atomic E-state index is 12.9. The molecule has 0 aliphatic rings. The van der Waals surface area contributed by atoms with Crippen molar-refractivity contribution in [1.82, 2.24) is 0 Å². The van der Waals surface area contributed by atoms with E-state index in [1.54, 1.807) is 12.1 Å². The van der Waals surface area contributed by atoms with E-state index in [4.69, 9.17) is 9.84 Å². The zero-order chi connectivity index (χ0) is 15.9. The van der Waals surface area contributed by atoms with E-state index in [9.17, 15) is 9.18 Å². The molecule has 0 atom stereocenters. The van der Waals surface area contributed by atoms with Crippen LogP contribution in [-0.4, -0.2) is 11.1 Å². The second-order valence-electron chi connectivity index (χ2n) is 5.27. The molecule has 0 aliphatic carbocycles. The fourth-order valence-corrected chi connectivity index (χ4v) is 2.22. The van der Waals surface area contributed by atoms with Crippen LogP contribution in [0.2, 0.25) is 0 Å².